The van der Waals surface area contributed by atoms with E-state index in [1.807, 2.05) is 30.3 Å². The monoisotopic (exact) mass is 311 g/mol. The molecule has 0 heterocycles. The van der Waals surface area contributed by atoms with E-state index in [0.717, 1.165) is 17.2 Å². The summed E-state index contributed by atoms with van der Waals surface area (Å²) in [6, 6.07) is 11.0. The smallest absolute Gasteiger partial charge is 0.338 e. The average molecular weight is 311 g/mol. The van der Waals surface area contributed by atoms with Gasteiger partial charge >= 0.3 is 5.97 Å². The summed E-state index contributed by atoms with van der Waals surface area (Å²) in [4.78, 5) is 23.8. The molecule has 1 aliphatic rings. The third-order valence-electron chi connectivity index (χ3n) is 4.70. The standard InChI is InChI=1S/C19H21NO3/c1-12-2-7-18(21)10-16(12)11-23-19(22)15-4-3-14-9-17(20)6-5-13(14)8-15/h3-6,8-9,12,16H,2,7,10-11,20H2,1H3. The van der Waals surface area contributed by atoms with Gasteiger partial charge in [0.2, 0.25) is 0 Å². The normalized spacial score (nSPS) is 21.3. The van der Waals surface area contributed by atoms with Gasteiger partial charge in [0.1, 0.15) is 5.78 Å². The number of hydrogen-bond acceptors (Lipinski definition) is 4. The van der Waals surface area contributed by atoms with Crippen molar-refractivity contribution in [3.8, 4) is 0 Å². The van der Waals surface area contributed by atoms with Gasteiger partial charge in [-0.05, 0) is 47.4 Å². The Hall–Kier alpha value is -2.36. The van der Waals surface area contributed by atoms with E-state index in [-0.39, 0.29) is 17.7 Å². The molecular formula is C19H21NO3. The summed E-state index contributed by atoms with van der Waals surface area (Å²) < 4.78 is 5.44. The first-order valence-electron chi connectivity index (χ1n) is 8.01. The highest BCUT2D eigenvalue weighted by Gasteiger charge is 2.27. The lowest BCUT2D eigenvalue weighted by atomic mass is 9.80. The van der Waals surface area contributed by atoms with E-state index in [9.17, 15) is 9.59 Å². The third-order valence-corrected chi connectivity index (χ3v) is 4.70. The topological polar surface area (TPSA) is 69.4 Å². The van der Waals surface area contributed by atoms with Gasteiger partial charge in [0, 0.05) is 24.4 Å². The van der Waals surface area contributed by atoms with E-state index < -0.39 is 0 Å². The first-order chi connectivity index (χ1) is 11.0. The van der Waals surface area contributed by atoms with Crippen LogP contribution in [-0.4, -0.2) is 18.4 Å². The fraction of sp³-hybridized carbons (Fsp3) is 0.368. The van der Waals surface area contributed by atoms with Crippen molar-refractivity contribution in [2.45, 2.75) is 26.2 Å². The first-order valence-corrected chi connectivity index (χ1v) is 8.01. The van der Waals surface area contributed by atoms with Crippen molar-refractivity contribution in [2.75, 3.05) is 12.3 Å². The fourth-order valence-corrected chi connectivity index (χ4v) is 3.10. The molecule has 0 bridgehead atoms. The van der Waals surface area contributed by atoms with Gasteiger partial charge in [0.05, 0.1) is 12.2 Å². The summed E-state index contributed by atoms with van der Waals surface area (Å²) in [7, 11) is 0. The fourth-order valence-electron chi connectivity index (χ4n) is 3.10. The molecule has 1 saturated carbocycles. The minimum Gasteiger partial charge on any atom is -0.462 e. The molecule has 23 heavy (non-hydrogen) atoms. The van der Waals surface area contributed by atoms with Crippen LogP contribution in [0.3, 0.4) is 0 Å². The lowest BCUT2D eigenvalue weighted by Gasteiger charge is -2.27. The largest absolute Gasteiger partial charge is 0.462 e. The first kappa shape index (κ1) is 15.5. The molecule has 2 N–H and O–H groups in total. The van der Waals surface area contributed by atoms with Crippen molar-refractivity contribution in [3.05, 3.63) is 42.0 Å². The van der Waals surface area contributed by atoms with E-state index in [0.29, 0.717) is 36.6 Å². The average Bonchev–Trinajstić information content (AvgIpc) is 2.55. The molecule has 2 atom stereocenters. The minimum atomic E-state index is -0.339. The number of Topliss-reactive ketones (excluding diaryl/α,β-unsaturated/α-hetero) is 1. The van der Waals surface area contributed by atoms with Crippen molar-refractivity contribution in [1.82, 2.24) is 0 Å². The molecule has 120 valence electrons. The second kappa shape index (κ2) is 6.41. The maximum absolute atomic E-state index is 12.3. The van der Waals surface area contributed by atoms with Crippen LogP contribution in [0, 0.1) is 11.8 Å². The van der Waals surface area contributed by atoms with Crippen molar-refractivity contribution in [3.63, 3.8) is 0 Å². The Morgan fingerprint density at radius 3 is 2.78 bits per heavy atom. The van der Waals surface area contributed by atoms with Crippen LogP contribution < -0.4 is 5.73 Å². The summed E-state index contributed by atoms with van der Waals surface area (Å²) in [5.41, 5.74) is 6.98. The quantitative estimate of drug-likeness (QED) is 0.695. The predicted molar refractivity (Wildman–Crippen MR) is 90.2 cm³/mol. The number of ether oxygens (including phenoxy) is 1. The van der Waals surface area contributed by atoms with Crippen molar-refractivity contribution >= 4 is 28.2 Å². The minimum absolute atomic E-state index is 0.139. The Kier molecular flexibility index (Phi) is 4.33. The number of esters is 1. The summed E-state index contributed by atoms with van der Waals surface area (Å²) in [5.74, 6) is 0.488. The van der Waals surface area contributed by atoms with Crippen LogP contribution in [0.25, 0.3) is 10.8 Å². The number of hydrogen-bond donors (Lipinski definition) is 1. The van der Waals surface area contributed by atoms with Crippen molar-refractivity contribution in [1.29, 1.82) is 0 Å². The van der Waals surface area contributed by atoms with Gasteiger partial charge < -0.3 is 10.5 Å². The lowest BCUT2D eigenvalue weighted by molar-refractivity contribution is -0.123. The van der Waals surface area contributed by atoms with Gasteiger partial charge in [-0.3, -0.25) is 4.79 Å². The maximum atomic E-state index is 12.3. The maximum Gasteiger partial charge on any atom is 0.338 e. The van der Waals surface area contributed by atoms with E-state index in [4.69, 9.17) is 10.5 Å². The summed E-state index contributed by atoms with van der Waals surface area (Å²) >= 11 is 0. The number of fused-ring (bicyclic) bond motifs is 1. The summed E-state index contributed by atoms with van der Waals surface area (Å²) in [5, 5.41) is 1.95. The number of carbonyl (C=O) groups is 2. The SMILES string of the molecule is CC1CCC(=O)CC1COC(=O)c1ccc2cc(N)ccc2c1. The number of carbonyl (C=O) groups excluding carboxylic acids is 2. The Morgan fingerprint density at radius 1 is 1.22 bits per heavy atom. The Labute approximate surface area is 135 Å². The Bertz CT molecular complexity index is 753. The van der Waals surface area contributed by atoms with E-state index in [2.05, 4.69) is 6.92 Å². The second-order valence-corrected chi connectivity index (χ2v) is 6.44. The number of nitrogen functional groups attached to an aromatic ring is 1. The molecule has 1 aliphatic carbocycles. The molecule has 0 saturated heterocycles. The number of nitrogens with two attached hydrogens (primary N) is 1. The van der Waals surface area contributed by atoms with E-state index in [1.54, 1.807) is 6.07 Å². The molecule has 4 nitrogen and oxygen atoms in total. The number of benzene rings is 2. The molecule has 4 heteroatoms. The van der Waals surface area contributed by atoms with Gasteiger partial charge in [-0.25, -0.2) is 4.79 Å². The third kappa shape index (κ3) is 3.52. The zero-order chi connectivity index (χ0) is 16.4. The second-order valence-electron chi connectivity index (χ2n) is 6.44. The van der Waals surface area contributed by atoms with Crippen LogP contribution >= 0.6 is 0 Å². The molecule has 2 aromatic carbocycles. The van der Waals surface area contributed by atoms with Gasteiger partial charge in [0.15, 0.2) is 0 Å². The Balaban J connectivity index is 1.68. The number of ketones is 1. The predicted octanol–water partition coefficient (Wildman–Crippen LogP) is 3.58. The summed E-state index contributed by atoms with van der Waals surface area (Å²) in [6.07, 6.45) is 2.06. The molecule has 0 spiro atoms. The zero-order valence-corrected chi connectivity index (χ0v) is 13.2. The molecular weight excluding hydrogens is 290 g/mol. The van der Waals surface area contributed by atoms with Gasteiger partial charge in [-0.15, -0.1) is 0 Å². The zero-order valence-electron chi connectivity index (χ0n) is 13.2. The summed E-state index contributed by atoms with van der Waals surface area (Å²) in [6.45, 7) is 2.43. The highest BCUT2D eigenvalue weighted by molar-refractivity contribution is 5.96. The van der Waals surface area contributed by atoms with E-state index in [1.165, 1.54) is 0 Å². The number of rotatable bonds is 3. The van der Waals surface area contributed by atoms with Crippen LogP contribution in [0.1, 0.15) is 36.5 Å². The molecule has 1 fully saturated rings. The van der Waals surface area contributed by atoms with Crippen LogP contribution in [0.5, 0.6) is 0 Å². The molecule has 2 aromatic rings. The number of anilines is 1. The van der Waals surface area contributed by atoms with Crippen molar-refractivity contribution in [2.24, 2.45) is 11.8 Å². The molecule has 2 unspecified atom stereocenters. The van der Waals surface area contributed by atoms with Gasteiger partial charge in [-0.1, -0.05) is 19.1 Å². The molecule has 0 aliphatic heterocycles. The molecule has 0 amide bonds. The van der Waals surface area contributed by atoms with Gasteiger partial charge in [-0.2, -0.15) is 0 Å². The Morgan fingerprint density at radius 2 is 1.96 bits per heavy atom. The van der Waals surface area contributed by atoms with Crippen LogP contribution in [-0.2, 0) is 9.53 Å². The molecule has 0 aromatic heterocycles. The molecule has 0 radical (unpaired) electrons. The van der Waals surface area contributed by atoms with Crippen LogP contribution in [0.15, 0.2) is 36.4 Å². The van der Waals surface area contributed by atoms with Gasteiger partial charge in [0.25, 0.3) is 0 Å². The highest BCUT2D eigenvalue weighted by Crippen LogP contribution is 2.28. The highest BCUT2D eigenvalue weighted by atomic mass is 16.5. The van der Waals surface area contributed by atoms with Crippen molar-refractivity contribution < 1.29 is 14.3 Å². The lowest BCUT2D eigenvalue weighted by Crippen LogP contribution is -2.27. The van der Waals surface area contributed by atoms with Crippen LogP contribution in [0.4, 0.5) is 5.69 Å². The van der Waals surface area contributed by atoms with E-state index >= 15 is 0 Å². The molecule has 3 rings (SSSR count). The van der Waals surface area contributed by atoms with Crippen LogP contribution in [0.2, 0.25) is 0 Å².